The lowest BCUT2D eigenvalue weighted by Crippen LogP contribution is -2.24. The van der Waals surface area contributed by atoms with E-state index in [0.717, 1.165) is 40.0 Å². The summed E-state index contributed by atoms with van der Waals surface area (Å²) in [5.41, 5.74) is 1.01. The van der Waals surface area contributed by atoms with Crippen LogP contribution in [0.1, 0.15) is 6.92 Å². The van der Waals surface area contributed by atoms with Gasteiger partial charge in [0.2, 0.25) is 0 Å². The summed E-state index contributed by atoms with van der Waals surface area (Å²) in [5.74, 6) is 0. The number of hydrogen-bond donors (Lipinski definition) is 1. The molecule has 0 unspecified atom stereocenters. The highest BCUT2D eigenvalue weighted by Gasteiger charge is 2.03. The number of nitrogens with one attached hydrogen (secondary N) is 1. The second kappa shape index (κ2) is 5.67. The normalized spacial score (nSPS) is 11.3. The Morgan fingerprint density at radius 3 is 3.06 bits per heavy atom. The zero-order valence-corrected chi connectivity index (χ0v) is 11.6. The van der Waals surface area contributed by atoms with Crippen molar-refractivity contribution in [2.45, 2.75) is 6.92 Å². The molecule has 0 aliphatic rings. The summed E-state index contributed by atoms with van der Waals surface area (Å²) in [6, 6.07) is 5.79. The van der Waals surface area contributed by atoms with Crippen LogP contribution in [0.15, 0.2) is 18.2 Å². The SMILES string of the molecule is CCN(C)CCNc1nc2ccc(Cl)cc2s1. The lowest BCUT2D eigenvalue weighted by Gasteiger charge is -2.13. The average Bonchev–Trinajstić information content (AvgIpc) is 2.70. The summed E-state index contributed by atoms with van der Waals surface area (Å²) in [7, 11) is 2.11. The largest absolute Gasteiger partial charge is 0.360 e. The van der Waals surface area contributed by atoms with E-state index in [9.17, 15) is 0 Å². The Labute approximate surface area is 110 Å². The molecular formula is C12H16ClN3S. The molecule has 0 saturated heterocycles. The van der Waals surface area contributed by atoms with E-state index in [2.05, 4.69) is 29.2 Å². The first kappa shape index (κ1) is 12.6. The van der Waals surface area contributed by atoms with Gasteiger partial charge in [-0.3, -0.25) is 0 Å². The van der Waals surface area contributed by atoms with Gasteiger partial charge >= 0.3 is 0 Å². The highest BCUT2D eigenvalue weighted by atomic mass is 35.5. The predicted molar refractivity (Wildman–Crippen MR) is 76.3 cm³/mol. The van der Waals surface area contributed by atoms with Gasteiger partial charge in [0.1, 0.15) is 0 Å². The van der Waals surface area contributed by atoms with Gasteiger partial charge in [-0.2, -0.15) is 0 Å². The number of aromatic nitrogens is 1. The van der Waals surface area contributed by atoms with Crippen LogP contribution in [-0.4, -0.2) is 36.6 Å². The standard InChI is InChI=1S/C12H16ClN3S/c1-3-16(2)7-6-14-12-15-10-5-4-9(13)8-11(10)17-12/h4-5,8H,3,6-7H2,1-2H3,(H,14,15). The smallest absolute Gasteiger partial charge is 0.183 e. The van der Waals surface area contributed by atoms with Gasteiger partial charge in [0.05, 0.1) is 10.2 Å². The van der Waals surface area contributed by atoms with Crippen molar-refractivity contribution in [3.8, 4) is 0 Å². The quantitative estimate of drug-likeness (QED) is 0.903. The predicted octanol–water partition coefficient (Wildman–Crippen LogP) is 3.31. The van der Waals surface area contributed by atoms with E-state index in [-0.39, 0.29) is 0 Å². The van der Waals surface area contributed by atoms with Crippen molar-refractivity contribution in [2.24, 2.45) is 0 Å². The van der Waals surface area contributed by atoms with Crippen LogP contribution in [0.25, 0.3) is 10.2 Å². The van der Waals surface area contributed by atoms with E-state index in [1.54, 1.807) is 11.3 Å². The van der Waals surface area contributed by atoms with Crippen LogP contribution >= 0.6 is 22.9 Å². The van der Waals surface area contributed by atoms with E-state index in [1.807, 2.05) is 18.2 Å². The summed E-state index contributed by atoms with van der Waals surface area (Å²) in [6.07, 6.45) is 0. The molecule has 0 saturated carbocycles. The Morgan fingerprint density at radius 1 is 1.47 bits per heavy atom. The highest BCUT2D eigenvalue weighted by Crippen LogP contribution is 2.27. The number of rotatable bonds is 5. The van der Waals surface area contributed by atoms with Crippen LogP contribution in [0.4, 0.5) is 5.13 Å². The molecule has 2 rings (SSSR count). The molecule has 92 valence electrons. The Morgan fingerprint density at radius 2 is 2.29 bits per heavy atom. The fraction of sp³-hybridized carbons (Fsp3) is 0.417. The van der Waals surface area contributed by atoms with Crippen molar-refractivity contribution in [3.05, 3.63) is 23.2 Å². The minimum atomic E-state index is 0.762. The molecule has 0 aliphatic heterocycles. The van der Waals surface area contributed by atoms with Gasteiger partial charge in [-0.05, 0) is 31.8 Å². The summed E-state index contributed by atoms with van der Waals surface area (Å²) < 4.78 is 1.13. The molecule has 0 amide bonds. The van der Waals surface area contributed by atoms with Crippen LogP contribution in [-0.2, 0) is 0 Å². The van der Waals surface area contributed by atoms with Crippen molar-refractivity contribution in [1.82, 2.24) is 9.88 Å². The van der Waals surface area contributed by atoms with E-state index in [0.29, 0.717) is 0 Å². The first-order chi connectivity index (χ1) is 8.19. The van der Waals surface area contributed by atoms with Crippen molar-refractivity contribution < 1.29 is 0 Å². The average molecular weight is 270 g/mol. The van der Waals surface area contributed by atoms with Gasteiger partial charge in [-0.25, -0.2) is 4.98 Å². The van der Waals surface area contributed by atoms with Crippen molar-refractivity contribution in [2.75, 3.05) is 32.0 Å². The van der Waals surface area contributed by atoms with Gasteiger partial charge in [0.15, 0.2) is 5.13 Å². The number of thiazole rings is 1. The number of anilines is 1. The molecule has 3 nitrogen and oxygen atoms in total. The molecule has 1 N–H and O–H groups in total. The third kappa shape index (κ3) is 3.31. The Kier molecular flexibility index (Phi) is 4.20. The molecular weight excluding hydrogens is 254 g/mol. The van der Waals surface area contributed by atoms with Gasteiger partial charge in [0, 0.05) is 18.1 Å². The van der Waals surface area contributed by atoms with Crippen LogP contribution in [0, 0.1) is 0 Å². The zero-order valence-electron chi connectivity index (χ0n) is 10.0. The lowest BCUT2D eigenvalue weighted by molar-refractivity contribution is 0.367. The molecule has 5 heteroatoms. The molecule has 1 aromatic carbocycles. The Hall–Kier alpha value is -0.840. The fourth-order valence-electron chi connectivity index (χ4n) is 1.49. The van der Waals surface area contributed by atoms with Crippen molar-refractivity contribution in [1.29, 1.82) is 0 Å². The Bertz CT molecular complexity index is 497. The van der Waals surface area contributed by atoms with E-state index in [1.165, 1.54) is 0 Å². The minimum Gasteiger partial charge on any atom is -0.360 e. The molecule has 1 heterocycles. The van der Waals surface area contributed by atoms with Crippen LogP contribution in [0.2, 0.25) is 5.02 Å². The molecule has 17 heavy (non-hydrogen) atoms. The third-order valence-electron chi connectivity index (χ3n) is 2.66. The van der Waals surface area contributed by atoms with E-state index >= 15 is 0 Å². The maximum absolute atomic E-state index is 5.94. The maximum atomic E-state index is 5.94. The van der Waals surface area contributed by atoms with Crippen LogP contribution < -0.4 is 5.32 Å². The summed E-state index contributed by atoms with van der Waals surface area (Å²) >= 11 is 7.59. The van der Waals surface area contributed by atoms with Gasteiger partial charge < -0.3 is 10.2 Å². The molecule has 0 spiro atoms. The maximum Gasteiger partial charge on any atom is 0.183 e. The topological polar surface area (TPSA) is 28.2 Å². The number of likely N-dealkylation sites (N-methyl/N-ethyl adjacent to an activating group) is 1. The lowest BCUT2D eigenvalue weighted by atomic mass is 10.3. The van der Waals surface area contributed by atoms with E-state index in [4.69, 9.17) is 11.6 Å². The number of nitrogens with zero attached hydrogens (tertiary/aromatic N) is 2. The summed E-state index contributed by atoms with van der Waals surface area (Å²) in [5, 5.41) is 5.07. The van der Waals surface area contributed by atoms with Gasteiger partial charge in [0.25, 0.3) is 0 Å². The molecule has 0 atom stereocenters. The minimum absolute atomic E-state index is 0.762. The zero-order chi connectivity index (χ0) is 12.3. The first-order valence-corrected chi connectivity index (χ1v) is 6.87. The number of halogens is 1. The monoisotopic (exact) mass is 269 g/mol. The Balaban J connectivity index is 1.99. The molecule has 0 aliphatic carbocycles. The molecule has 2 aromatic rings. The number of hydrogen-bond acceptors (Lipinski definition) is 4. The fourth-order valence-corrected chi connectivity index (χ4v) is 2.65. The van der Waals surface area contributed by atoms with E-state index < -0.39 is 0 Å². The van der Waals surface area contributed by atoms with Crippen molar-refractivity contribution in [3.63, 3.8) is 0 Å². The second-order valence-electron chi connectivity index (χ2n) is 3.95. The molecule has 0 fully saturated rings. The first-order valence-electron chi connectivity index (χ1n) is 5.67. The third-order valence-corrected chi connectivity index (χ3v) is 3.87. The summed E-state index contributed by atoms with van der Waals surface area (Å²) in [6.45, 7) is 5.15. The highest BCUT2D eigenvalue weighted by molar-refractivity contribution is 7.22. The molecule has 0 radical (unpaired) electrons. The van der Waals surface area contributed by atoms with Crippen LogP contribution in [0.3, 0.4) is 0 Å². The second-order valence-corrected chi connectivity index (χ2v) is 5.42. The number of benzene rings is 1. The molecule has 0 bridgehead atoms. The van der Waals surface area contributed by atoms with Crippen LogP contribution in [0.5, 0.6) is 0 Å². The van der Waals surface area contributed by atoms with Crippen molar-refractivity contribution >= 4 is 38.3 Å². The molecule has 1 aromatic heterocycles. The summed E-state index contributed by atoms with van der Waals surface area (Å²) in [4.78, 5) is 6.77. The number of fused-ring (bicyclic) bond motifs is 1. The van der Waals surface area contributed by atoms with Gasteiger partial charge in [-0.15, -0.1) is 0 Å². The van der Waals surface area contributed by atoms with Gasteiger partial charge in [-0.1, -0.05) is 29.9 Å².